The van der Waals surface area contributed by atoms with E-state index in [4.69, 9.17) is 0 Å². The third-order valence-electron chi connectivity index (χ3n) is 0.0922. The lowest BCUT2D eigenvalue weighted by Crippen LogP contribution is -1.79. The van der Waals surface area contributed by atoms with Crippen molar-refractivity contribution in [2.24, 2.45) is 0 Å². The molecule has 0 aromatic carbocycles. The van der Waals surface area contributed by atoms with Gasteiger partial charge in [-0.15, -0.1) is 0 Å². The van der Waals surface area contributed by atoms with Crippen LogP contribution in [0.15, 0.2) is 0 Å². The van der Waals surface area contributed by atoms with E-state index in [1.807, 2.05) is 0 Å². The fraction of sp³-hybridized carbons (Fsp3) is 0. The van der Waals surface area contributed by atoms with Crippen LogP contribution in [0.1, 0.15) is 0 Å². The van der Waals surface area contributed by atoms with Crippen LogP contribution in [-0.4, -0.2) is 8.42 Å². The van der Waals surface area contributed by atoms with E-state index in [0.29, 0.717) is 6.01 Å². The molecule has 0 heterocycles. The lowest BCUT2D eigenvalue weighted by atomic mass is 11.8. The van der Waals surface area contributed by atoms with Gasteiger partial charge in [-0.25, -0.2) is 12.8 Å². The van der Waals surface area contributed by atoms with Crippen LogP contribution in [0.3, 0.4) is 0 Å². The highest BCUT2D eigenvalue weighted by atomic mass is 35.7. The lowest BCUT2D eigenvalue weighted by Gasteiger charge is -1.70. The van der Waals surface area contributed by atoms with Crippen molar-refractivity contribution in [3.8, 4) is 0 Å². The molecule has 0 aliphatic carbocycles. The fourth-order valence-electron chi connectivity index (χ4n) is 0. The lowest BCUT2D eigenvalue weighted by molar-refractivity contribution is 0.587. The minimum Gasteiger partial charge on any atom is -0.215 e. The molecular formula is CClFO2S. The predicted octanol–water partition coefficient (Wildman–Crippen LogP) is 0.521. The summed E-state index contributed by atoms with van der Waals surface area (Å²) in [5.41, 5.74) is 0. The quantitative estimate of drug-likeness (QED) is 0.485. The summed E-state index contributed by atoms with van der Waals surface area (Å²) in [5.74, 6) is 0. The molecule has 2 radical (unpaired) electrons. The van der Waals surface area contributed by atoms with Crippen LogP contribution in [0, 0.1) is 6.01 Å². The van der Waals surface area contributed by atoms with Gasteiger partial charge in [-0.05, 0) is 0 Å². The third kappa shape index (κ3) is 4.17. The van der Waals surface area contributed by atoms with Crippen molar-refractivity contribution in [1.82, 2.24) is 0 Å². The van der Waals surface area contributed by atoms with Crippen LogP contribution in [0.25, 0.3) is 0 Å². The molecule has 6 heavy (non-hydrogen) atoms. The van der Waals surface area contributed by atoms with Gasteiger partial charge in [0, 0.05) is 10.7 Å². The molecule has 0 rings (SSSR count). The van der Waals surface area contributed by atoms with Crippen LogP contribution >= 0.6 is 10.7 Å². The van der Waals surface area contributed by atoms with Crippen molar-refractivity contribution in [1.29, 1.82) is 0 Å². The molecule has 0 unspecified atom stereocenters. The highest BCUT2D eigenvalue weighted by molar-refractivity contribution is 8.15. The molecular weight excluding hydrogens is 131 g/mol. The van der Waals surface area contributed by atoms with Crippen molar-refractivity contribution >= 4 is 19.7 Å². The Morgan fingerprint density at radius 2 is 1.83 bits per heavy atom. The van der Waals surface area contributed by atoms with Crippen LogP contribution in [0.4, 0.5) is 4.39 Å². The van der Waals surface area contributed by atoms with E-state index in [1.165, 1.54) is 0 Å². The molecule has 5 heteroatoms. The molecule has 0 N–H and O–H groups in total. The van der Waals surface area contributed by atoms with Crippen molar-refractivity contribution in [2.75, 3.05) is 0 Å². The number of halogens is 2. The summed E-state index contributed by atoms with van der Waals surface area (Å²) in [5, 5.41) is 0. The second-order valence-corrected chi connectivity index (χ2v) is 2.76. The Bertz CT molecular complexity index is 116. The van der Waals surface area contributed by atoms with Crippen LogP contribution in [-0.2, 0) is 9.05 Å². The minimum atomic E-state index is -4.11. The van der Waals surface area contributed by atoms with E-state index in [0.717, 1.165) is 0 Å². The Labute approximate surface area is 39.3 Å². The maximum atomic E-state index is 10.5. The first-order valence-corrected chi connectivity index (χ1v) is 3.19. The smallest absolute Gasteiger partial charge is 0.215 e. The van der Waals surface area contributed by atoms with Gasteiger partial charge >= 0.3 is 6.01 Å². The average molecular weight is 131 g/mol. The Balaban J connectivity index is 3.85. The summed E-state index contributed by atoms with van der Waals surface area (Å²) in [7, 11) is 0.0972. The normalized spacial score (nSPS) is 11.7. The van der Waals surface area contributed by atoms with Gasteiger partial charge in [0.25, 0.3) is 9.05 Å². The molecule has 0 aliphatic heterocycles. The minimum absolute atomic E-state index is 0.342. The highest BCUT2D eigenvalue weighted by Gasteiger charge is 2.03. The molecule has 2 nitrogen and oxygen atoms in total. The van der Waals surface area contributed by atoms with Crippen molar-refractivity contribution < 1.29 is 12.8 Å². The van der Waals surface area contributed by atoms with Gasteiger partial charge in [-0.1, -0.05) is 0 Å². The summed E-state index contributed by atoms with van der Waals surface area (Å²) in [4.78, 5) is 0. The van der Waals surface area contributed by atoms with Crippen LogP contribution in [0.2, 0.25) is 0 Å². The van der Waals surface area contributed by atoms with Crippen molar-refractivity contribution in [3.63, 3.8) is 0 Å². The Hall–Kier alpha value is 0.170. The van der Waals surface area contributed by atoms with Gasteiger partial charge in [-0.2, -0.15) is 0 Å². The molecule has 0 aliphatic rings. The van der Waals surface area contributed by atoms with Gasteiger partial charge in [0.2, 0.25) is 0 Å². The monoisotopic (exact) mass is 130 g/mol. The van der Waals surface area contributed by atoms with Crippen molar-refractivity contribution in [2.45, 2.75) is 0 Å². The number of rotatable bonds is 1. The van der Waals surface area contributed by atoms with Gasteiger partial charge in [0.1, 0.15) is 0 Å². The fourth-order valence-corrected chi connectivity index (χ4v) is 0. The summed E-state index contributed by atoms with van der Waals surface area (Å²) in [6.45, 7) is 0. The van der Waals surface area contributed by atoms with Gasteiger partial charge in [-0.3, -0.25) is 0 Å². The molecule has 0 bridgehead atoms. The number of hydrogen-bond acceptors (Lipinski definition) is 2. The van der Waals surface area contributed by atoms with Gasteiger partial charge in [0.05, 0.1) is 0 Å². The molecule has 0 atom stereocenters. The van der Waals surface area contributed by atoms with E-state index < -0.39 is 9.05 Å². The zero-order chi connectivity index (χ0) is 5.21. The Morgan fingerprint density at radius 1 is 1.67 bits per heavy atom. The van der Waals surface area contributed by atoms with E-state index in [9.17, 15) is 12.8 Å². The van der Waals surface area contributed by atoms with Crippen molar-refractivity contribution in [3.05, 3.63) is 6.01 Å². The van der Waals surface area contributed by atoms with Gasteiger partial charge < -0.3 is 0 Å². The SMILES string of the molecule is O=S(=O)(Cl)[C]F. The van der Waals surface area contributed by atoms with E-state index in [1.54, 1.807) is 0 Å². The maximum absolute atomic E-state index is 10.5. The predicted molar refractivity (Wildman–Crippen MR) is 19.1 cm³/mol. The van der Waals surface area contributed by atoms with Crippen LogP contribution < -0.4 is 0 Å². The number of hydrogen-bond donors (Lipinski definition) is 0. The second-order valence-electron chi connectivity index (χ2n) is 0.515. The molecule has 0 aromatic rings. The summed E-state index contributed by atoms with van der Waals surface area (Å²) >= 11 is 0. The zero-order valence-electron chi connectivity index (χ0n) is 2.48. The molecule has 0 fully saturated rings. The first-order valence-electron chi connectivity index (χ1n) is 0.881. The zero-order valence-corrected chi connectivity index (χ0v) is 4.05. The molecule has 0 spiro atoms. The molecule has 0 aromatic heterocycles. The summed E-state index contributed by atoms with van der Waals surface area (Å²) < 4.78 is 29.1. The van der Waals surface area contributed by atoms with Gasteiger partial charge in [0.15, 0.2) is 0 Å². The van der Waals surface area contributed by atoms with Crippen LogP contribution in [0.5, 0.6) is 0 Å². The molecule has 0 amide bonds. The maximum Gasteiger partial charge on any atom is 0.332 e. The molecule has 0 saturated heterocycles. The topological polar surface area (TPSA) is 34.1 Å². The van der Waals surface area contributed by atoms with E-state index in [-0.39, 0.29) is 0 Å². The first-order chi connectivity index (χ1) is 2.56. The standard InChI is InChI=1S/CClFO2S/c2-6(4,5)1-3. The molecule has 0 saturated carbocycles. The third-order valence-corrected chi connectivity index (χ3v) is 0.451. The molecule has 36 valence electrons. The average Bonchev–Trinajstić information content (AvgIpc) is 1.35. The van der Waals surface area contributed by atoms with E-state index >= 15 is 0 Å². The van der Waals surface area contributed by atoms with E-state index in [2.05, 4.69) is 10.7 Å². The summed E-state index contributed by atoms with van der Waals surface area (Å²) in [6, 6.07) is 0.342. The summed E-state index contributed by atoms with van der Waals surface area (Å²) in [6.07, 6.45) is 0. The Morgan fingerprint density at radius 3 is 1.83 bits per heavy atom. The largest absolute Gasteiger partial charge is 0.332 e. The second kappa shape index (κ2) is 1.75. The highest BCUT2D eigenvalue weighted by Crippen LogP contribution is 1.99. The Kier molecular flexibility index (Phi) is 1.80. The first kappa shape index (κ1) is 6.17.